The molecule has 0 unspecified atom stereocenters. The van der Waals surface area contributed by atoms with Crippen LogP contribution in [0.3, 0.4) is 0 Å². The molecule has 5 heteroatoms. The van der Waals surface area contributed by atoms with Crippen LogP contribution in [-0.4, -0.2) is 5.91 Å². The number of rotatable bonds is 2. The number of nitrogens with one attached hydrogen (secondary N) is 1. The number of benzene rings is 2. The smallest absolute Gasteiger partial charge is 0.349 e. The molecule has 4 nitrogen and oxygen atoms in total. The highest BCUT2D eigenvalue weighted by atomic mass is 79.9. The van der Waals surface area contributed by atoms with Crippen molar-refractivity contribution in [1.29, 1.82) is 0 Å². The number of hydrogen-bond donors (Lipinski definition) is 1. The van der Waals surface area contributed by atoms with Gasteiger partial charge in [0, 0.05) is 15.5 Å². The van der Waals surface area contributed by atoms with Gasteiger partial charge in [-0.1, -0.05) is 33.6 Å². The number of halogens is 1. The summed E-state index contributed by atoms with van der Waals surface area (Å²) in [7, 11) is 0. The van der Waals surface area contributed by atoms with Crippen LogP contribution < -0.4 is 10.9 Å². The Labute approximate surface area is 134 Å². The van der Waals surface area contributed by atoms with Gasteiger partial charge in [0.05, 0.1) is 0 Å². The molecule has 2 aromatic carbocycles. The summed E-state index contributed by atoms with van der Waals surface area (Å²) in [6.45, 7) is 1.96. The van der Waals surface area contributed by atoms with Crippen molar-refractivity contribution in [2.24, 2.45) is 0 Å². The predicted molar refractivity (Wildman–Crippen MR) is 89.3 cm³/mol. The second kappa shape index (κ2) is 5.77. The van der Waals surface area contributed by atoms with Crippen molar-refractivity contribution in [2.75, 3.05) is 5.32 Å². The van der Waals surface area contributed by atoms with Gasteiger partial charge >= 0.3 is 5.63 Å². The first kappa shape index (κ1) is 14.5. The number of carbonyl (C=O) groups excluding carboxylic acids is 1. The van der Waals surface area contributed by atoms with Crippen LogP contribution in [0.2, 0.25) is 0 Å². The van der Waals surface area contributed by atoms with Crippen LogP contribution in [0, 0.1) is 6.92 Å². The lowest BCUT2D eigenvalue weighted by atomic mass is 10.1. The predicted octanol–water partition coefficient (Wildman–Crippen LogP) is 4.12. The number of aryl methyl sites for hydroxylation is 1. The molecule has 0 aliphatic heterocycles. The molecular weight excluding hydrogens is 346 g/mol. The molecule has 110 valence electrons. The Morgan fingerprint density at radius 3 is 2.55 bits per heavy atom. The largest absolute Gasteiger partial charge is 0.422 e. The lowest BCUT2D eigenvalue weighted by Gasteiger charge is -2.05. The first-order valence-corrected chi connectivity index (χ1v) is 7.44. The lowest BCUT2D eigenvalue weighted by molar-refractivity contribution is 0.102. The molecule has 22 heavy (non-hydrogen) atoms. The van der Waals surface area contributed by atoms with E-state index in [-0.39, 0.29) is 5.56 Å². The van der Waals surface area contributed by atoms with Crippen LogP contribution in [0.4, 0.5) is 5.69 Å². The zero-order chi connectivity index (χ0) is 15.7. The van der Waals surface area contributed by atoms with E-state index in [0.717, 1.165) is 10.0 Å². The Kier molecular flexibility index (Phi) is 3.81. The Hall–Kier alpha value is -2.40. The number of amides is 1. The van der Waals surface area contributed by atoms with E-state index in [2.05, 4.69) is 21.2 Å². The van der Waals surface area contributed by atoms with Gasteiger partial charge in [-0.05, 0) is 43.3 Å². The summed E-state index contributed by atoms with van der Waals surface area (Å²) in [5.41, 5.74) is 1.49. The van der Waals surface area contributed by atoms with E-state index >= 15 is 0 Å². The second-order valence-corrected chi connectivity index (χ2v) is 5.87. The van der Waals surface area contributed by atoms with E-state index in [9.17, 15) is 9.59 Å². The molecular formula is C17H12BrNO3. The molecule has 0 fully saturated rings. The molecule has 0 aliphatic rings. The minimum absolute atomic E-state index is 0.0221. The molecule has 0 aliphatic carbocycles. The van der Waals surface area contributed by atoms with Crippen molar-refractivity contribution in [3.05, 3.63) is 74.6 Å². The van der Waals surface area contributed by atoms with Gasteiger partial charge in [0.1, 0.15) is 11.1 Å². The summed E-state index contributed by atoms with van der Waals surface area (Å²) >= 11 is 3.35. The molecule has 3 aromatic rings. The zero-order valence-electron chi connectivity index (χ0n) is 11.7. The summed E-state index contributed by atoms with van der Waals surface area (Å²) in [4.78, 5) is 24.2. The van der Waals surface area contributed by atoms with Crippen molar-refractivity contribution in [1.82, 2.24) is 0 Å². The molecule has 0 atom stereocenters. The van der Waals surface area contributed by atoms with Crippen molar-refractivity contribution in [3.8, 4) is 0 Å². The highest BCUT2D eigenvalue weighted by molar-refractivity contribution is 9.10. The summed E-state index contributed by atoms with van der Waals surface area (Å²) in [5, 5.41) is 3.38. The van der Waals surface area contributed by atoms with Gasteiger partial charge in [-0.25, -0.2) is 4.79 Å². The average Bonchev–Trinajstić information content (AvgIpc) is 2.49. The third-order valence-electron chi connectivity index (χ3n) is 3.25. The maximum Gasteiger partial charge on any atom is 0.349 e. The lowest BCUT2D eigenvalue weighted by Crippen LogP contribution is -2.20. The third kappa shape index (κ3) is 2.94. The Bertz CT molecular complexity index is 913. The van der Waals surface area contributed by atoms with Gasteiger partial charge in [-0.2, -0.15) is 0 Å². The molecule has 0 radical (unpaired) electrons. The molecule has 0 saturated heterocycles. The van der Waals surface area contributed by atoms with E-state index in [1.165, 1.54) is 6.07 Å². The second-order valence-electron chi connectivity index (χ2n) is 4.95. The molecule has 1 amide bonds. The first-order chi connectivity index (χ1) is 10.5. The fourth-order valence-corrected chi connectivity index (χ4v) is 2.47. The van der Waals surface area contributed by atoms with Gasteiger partial charge in [-0.3, -0.25) is 4.79 Å². The minimum atomic E-state index is -0.653. The number of anilines is 1. The number of fused-ring (bicyclic) bond motifs is 1. The maximum atomic E-state index is 12.3. The van der Waals surface area contributed by atoms with Crippen LogP contribution in [0.5, 0.6) is 0 Å². The molecule has 1 N–H and O–H groups in total. The van der Waals surface area contributed by atoms with E-state index in [4.69, 9.17) is 4.42 Å². The van der Waals surface area contributed by atoms with Crippen LogP contribution in [0.25, 0.3) is 11.0 Å². The van der Waals surface area contributed by atoms with Crippen LogP contribution in [-0.2, 0) is 0 Å². The molecule has 1 heterocycles. The molecule has 1 aromatic heterocycles. The zero-order valence-corrected chi connectivity index (χ0v) is 13.3. The Morgan fingerprint density at radius 2 is 1.82 bits per heavy atom. The molecule has 3 rings (SSSR count). The summed E-state index contributed by atoms with van der Waals surface area (Å²) < 4.78 is 6.03. The van der Waals surface area contributed by atoms with Crippen molar-refractivity contribution in [3.63, 3.8) is 0 Å². The van der Waals surface area contributed by atoms with Crippen LogP contribution in [0.1, 0.15) is 15.9 Å². The first-order valence-electron chi connectivity index (χ1n) is 6.64. The summed E-state index contributed by atoms with van der Waals surface area (Å²) in [6.07, 6.45) is 0. The van der Waals surface area contributed by atoms with Gasteiger partial charge in [0.15, 0.2) is 0 Å². The van der Waals surface area contributed by atoms with Crippen LogP contribution >= 0.6 is 15.9 Å². The van der Waals surface area contributed by atoms with Crippen molar-refractivity contribution in [2.45, 2.75) is 6.92 Å². The van der Waals surface area contributed by atoms with E-state index in [1.807, 2.05) is 19.1 Å². The minimum Gasteiger partial charge on any atom is -0.422 e. The standard InChI is InChI=1S/C17H12BrNO3/c1-10-2-5-13(6-3-10)19-16(20)14-9-11-8-12(18)4-7-15(11)22-17(14)21/h2-9H,1H3,(H,19,20). The number of carbonyl (C=O) groups is 1. The summed E-state index contributed by atoms with van der Waals surface area (Å²) in [6, 6.07) is 14.1. The molecule has 0 saturated carbocycles. The summed E-state index contributed by atoms with van der Waals surface area (Å²) in [5.74, 6) is -0.487. The van der Waals surface area contributed by atoms with E-state index < -0.39 is 11.5 Å². The van der Waals surface area contributed by atoms with Gasteiger partial charge in [-0.15, -0.1) is 0 Å². The van der Waals surface area contributed by atoms with Gasteiger partial charge < -0.3 is 9.73 Å². The topological polar surface area (TPSA) is 59.3 Å². The van der Waals surface area contributed by atoms with Gasteiger partial charge in [0.2, 0.25) is 0 Å². The van der Waals surface area contributed by atoms with Crippen molar-refractivity contribution >= 4 is 38.5 Å². The van der Waals surface area contributed by atoms with Gasteiger partial charge in [0.25, 0.3) is 5.91 Å². The number of hydrogen-bond acceptors (Lipinski definition) is 3. The monoisotopic (exact) mass is 357 g/mol. The quantitative estimate of drug-likeness (QED) is 0.701. The van der Waals surface area contributed by atoms with Crippen LogP contribution in [0.15, 0.2) is 62.2 Å². The fourth-order valence-electron chi connectivity index (χ4n) is 2.09. The van der Waals surface area contributed by atoms with E-state index in [0.29, 0.717) is 16.7 Å². The maximum absolute atomic E-state index is 12.3. The Morgan fingerprint density at radius 1 is 1.09 bits per heavy atom. The molecule has 0 bridgehead atoms. The highest BCUT2D eigenvalue weighted by Crippen LogP contribution is 2.19. The third-order valence-corrected chi connectivity index (χ3v) is 3.74. The highest BCUT2D eigenvalue weighted by Gasteiger charge is 2.14. The van der Waals surface area contributed by atoms with E-state index in [1.54, 1.807) is 30.3 Å². The normalized spacial score (nSPS) is 10.6. The Balaban J connectivity index is 1.98. The SMILES string of the molecule is Cc1ccc(NC(=O)c2cc3cc(Br)ccc3oc2=O)cc1. The molecule has 0 spiro atoms. The average molecular weight is 358 g/mol. The van der Waals surface area contributed by atoms with Crippen molar-refractivity contribution < 1.29 is 9.21 Å². The fraction of sp³-hybridized carbons (Fsp3) is 0.0588.